The first-order valence-electron chi connectivity index (χ1n) is 24.7. The predicted molar refractivity (Wildman–Crippen MR) is 294 cm³/mol. The number of halogens is 2. The molecule has 0 bridgehead atoms. The van der Waals surface area contributed by atoms with Gasteiger partial charge in [0.1, 0.15) is 11.6 Å². The first-order valence-corrected chi connectivity index (χ1v) is 24.7. The normalized spacial score (nSPS) is 12.7. The lowest BCUT2D eigenvalue weighted by Gasteiger charge is -2.36. The molecule has 2 nitrogen and oxygen atoms in total. The Morgan fingerprint density at radius 2 is 0.761 bits per heavy atom. The molecule has 71 heavy (non-hydrogen) atoms. The summed E-state index contributed by atoms with van der Waals surface area (Å²) in [5, 5.41) is 6.90. The van der Waals surface area contributed by atoms with E-state index in [1.54, 1.807) is 0 Å². The van der Waals surface area contributed by atoms with Gasteiger partial charge >= 0.3 is 0 Å². The minimum absolute atomic E-state index is 0.270. The molecule has 0 amide bonds. The molecule has 0 N–H and O–H groups in total. The van der Waals surface area contributed by atoms with Crippen molar-refractivity contribution in [1.29, 1.82) is 0 Å². The maximum atomic E-state index is 14.6. The lowest BCUT2D eigenvalue weighted by Crippen LogP contribution is -2.29. The van der Waals surface area contributed by atoms with Crippen LogP contribution in [0.3, 0.4) is 0 Å². The van der Waals surface area contributed by atoms with Crippen molar-refractivity contribution in [2.45, 2.75) is 44.9 Å². The molecule has 1 aliphatic rings. The number of benzene rings is 11. The van der Waals surface area contributed by atoms with Crippen molar-refractivity contribution in [1.82, 2.24) is 0 Å². The summed E-state index contributed by atoms with van der Waals surface area (Å²) >= 11 is 0. The molecule has 0 fully saturated rings. The molecule has 0 spiro atoms. The quantitative estimate of drug-likeness (QED) is 0.126. The van der Waals surface area contributed by atoms with Crippen LogP contribution in [0.1, 0.15) is 72.9 Å². The summed E-state index contributed by atoms with van der Waals surface area (Å²) in [5.74, 6) is 0.240. The molecule has 11 aromatic carbocycles. The first-order chi connectivity index (χ1) is 34.7. The zero-order valence-electron chi connectivity index (χ0n) is 40.2. The van der Waals surface area contributed by atoms with Crippen molar-refractivity contribution in [3.05, 3.63) is 276 Å². The molecule has 0 saturated carbocycles. The maximum Gasteiger partial charge on any atom is 0.123 e. The average molecular weight is 923 g/mol. The van der Waals surface area contributed by atoms with E-state index < -0.39 is 5.41 Å². The SMILES string of the molecule is CC(C)c1ccc(N(c2ccc(F)cc2)c2ccc3c4c(ccc3c2)-c2c(c3ccc(N(c5ccc(F)cc5)c5ccc(C(C)C)cc5)cc3c3ccccc23)C4(c2ccccc2)c2ccccc2)cc1. The second kappa shape index (κ2) is 17.6. The molecule has 0 aromatic heterocycles. The molecular weight excluding hydrogens is 871 g/mol. The molecule has 11 aromatic rings. The molecule has 12 rings (SSSR count). The van der Waals surface area contributed by atoms with E-state index in [0.29, 0.717) is 11.8 Å². The van der Waals surface area contributed by atoms with Gasteiger partial charge in [-0.15, -0.1) is 0 Å². The Labute approximate surface area is 414 Å². The minimum Gasteiger partial charge on any atom is -0.310 e. The summed E-state index contributed by atoms with van der Waals surface area (Å²) in [6, 6.07) is 80.3. The smallest absolute Gasteiger partial charge is 0.123 e. The van der Waals surface area contributed by atoms with Gasteiger partial charge in [-0.25, -0.2) is 8.78 Å². The van der Waals surface area contributed by atoms with Crippen LogP contribution in [0.4, 0.5) is 42.9 Å². The highest BCUT2D eigenvalue weighted by Crippen LogP contribution is 2.62. The predicted octanol–water partition coefficient (Wildman–Crippen LogP) is 19.0. The van der Waals surface area contributed by atoms with Crippen LogP contribution in [-0.2, 0) is 5.41 Å². The summed E-state index contributed by atoms with van der Waals surface area (Å²) in [4.78, 5) is 4.46. The Balaban J connectivity index is 1.14. The average Bonchev–Trinajstić information content (AvgIpc) is 3.73. The third-order valence-electron chi connectivity index (χ3n) is 14.8. The molecule has 0 radical (unpaired) electrons. The summed E-state index contributed by atoms with van der Waals surface area (Å²) in [6.07, 6.45) is 0. The van der Waals surface area contributed by atoms with Gasteiger partial charge in [0.25, 0.3) is 0 Å². The van der Waals surface area contributed by atoms with Gasteiger partial charge in [0.15, 0.2) is 0 Å². The fraction of sp³-hybridized carbons (Fsp3) is 0.104. The van der Waals surface area contributed by atoms with Gasteiger partial charge in [-0.1, -0.05) is 161 Å². The van der Waals surface area contributed by atoms with Crippen LogP contribution in [0.25, 0.3) is 43.4 Å². The molecule has 0 unspecified atom stereocenters. The van der Waals surface area contributed by atoms with Crippen LogP contribution in [-0.4, -0.2) is 0 Å². The zero-order valence-corrected chi connectivity index (χ0v) is 40.2. The summed E-state index contributed by atoms with van der Waals surface area (Å²) in [6.45, 7) is 8.83. The van der Waals surface area contributed by atoms with Crippen molar-refractivity contribution < 1.29 is 8.78 Å². The van der Waals surface area contributed by atoms with Gasteiger partial charge in [-0.3, -0.25) is 0 Å². The highest BCUT2D eigenvalue weighted by Gasteiger charge is 2.49. The monoisotopic (exact) mass is 922 g/mol. The van der Waals surface area contributed by atoms with E-state index in [2.05, 4.69) is 219 Å². The van der Waals surface area contributed by atoms with Crippen molar-refractivity contribution in [2.24, 2.45) is 0 Å². The number of hydrogen-bond donors (Lipinski definition) is 0. The molecule has 0 atom stereocenters. The second-order valence-corrected chi connectivity index (χ2v) is 19.5. The van der Waals surface area contributed by atoms with Gasteiger partial charge in [-0.2, -0.15) is 0 Å². The number of fused-ring (bicyclic) bond motifs is 10. The Morgan fingerprint density at radius 1 is 0.338 bits per heavy atom. The van der Waals surface area contributed by atoms with Gasteiger partial charge in [0.2, 0.25) is 0 Å². The Bertz CT molecular complexity index is 3710. The van der Waals surface area contributed by atoms with Gasteiger partial charge in [0.05, 0.1) is 5.41 Å². The van der Waals surface area contributed by atoms with Crippen molar-refractivity contribution in [3.8, 4) is 11.1 Å². The van der Waals surface area contributed by atoms with Crippen molar-refractivity contribution in [2.75, 3.05) is 9.80 Å². The van der Waals surface area contributed by atoms with Crippen LogP contribution < -0.4 is 9.80 Å². The van der Waals surface area contributed by atoms with E-state index >= 15 is 0 Å². The van der Waals surface area contributed by atoms with Gasteiger partial charge in [-0.05, 0) is 186 Å². The van der Waals surface area contributed by atoms with Crippen LogP contribution in [0.15, 0.2) is 231 Å². The van der Waals surface area contributed by atoms with Crippen molar-refractivity contribution >= 4 is 66.4 Å². The Hall–Kier alpha value is -8.34. The summed E-state index contributed by atoms with van der Waals surface area (Å²) in [5.41, 5.74) is 14.8. The molecule has 4 heteroatoms. The fourth-order valence-corrected chi connectivity index (χ4v) is 11.4. The van der Waals surface area contributed by atoms with Crippen LogP contribution in [0.2, 0.25) is 0 Å². The van der Waals surface area contributed by atoms with E-state index in [9.17, 15) is 8.78 Å². The van der Waals surface area contributed by atoms with E-state index in [-0.39, 0.29) is 11.6 Å². The third-order valence-corrected chi connectivity index (χ3v) is 14.8. The lowest BCUT2D eigenvalue weighted by atomic mass is 9.65. The Kier molecular flexibility index (Phi) is 10.9. The molecule has 344 valence electrons. The number of nitrogens with zero attached hydrogens (tertiary/aromatic N) is 2. The minimum atomic E-state index is -0.745. The fourth-order valence-electron chi connectivity index (χ4n) is 11.4. The van der Waals surface area contributed by atoms with Crippen molar-refractivity contribution in [3.63, 3.8) is 0 Å². The third kappa shape index (κ3) is 7.28. The summed E-state index contributed by atoms with van der Waals surface area (Å²) in [7, 11) is 0. The molecular formula is C67H52F2N2. The van der Waals surface area contributed by atoms with E-state index in [0.717, 1.165) is 61.1 Å². The Morgan fingerprint density at radius 3 is 1.25 bits per heavy atom. The topological polar surface area (TPSA) is 6.48 Å². The number of anilines is 6. The van der Waals surface area contributed by atoms with Crippen LogP contribution in [0, 0.1) is 11.6 Å². The van der Waals surface area contributed by atoms with Crippen LogP contribution >= 0.6 is 0 Å². The van der Waals surface area contributed by atoms with E-state index in [4.69, 9.17) is 0 Å². The first kappa shape index (κ1) is 43.9. The molecule has 0 heterocycles. The molecule has 0 saturated heterocycles. The van der Waals surface area contributed by atoms with E-state index in [1.807, 2.05) is 24.3 Å². The zero-order chi connectivity index (χ0) is 48.4. The molecule has 1 aliphatic carbocycles. The maximum absolute atomic E-state index is 14.6. The number of rotatable bonds is 10. The standard InChI is InChI=1S/C67H52F2N2/c1-43(2)45-19-28-52(29-20-45)70(54-32-24-50(68)25-33-54)56-36-39-58-47(41-56)23-38-62-64-60-18-12-11-17-59(60)63-42-57(71(55-34-26-51(69)27-35-55)53-30-21-46(22-31-53)44(3)4)37-40-61(63)66(64)67(65(58)62,48-13-7-5-8-14-48)49-15-9-6-10-16-49/h5-44H,1-4H3. The van der Waals surface area contributed by atoms with Gasteiger partial charge < -0.3 is 9.80 Å². The number of hydrogen-bond acceptors (Lipinski definition) is 2. The largest absolute Gasteiger partial charge is 0.310 e. The molecule has 0 aliphatic heterocycles. The summed E-state index contributed by atoms with van der Waals surface area (Å²) < 4.78 is 29.1. The van der Waals surface area contributed by atoms with Gasteiger partial charge in [0, 0.05) is 34.1 Å². The highest BCUT2D eigenvalue weighted by atomic mass is 19.1. The highest BCUT2D eigenvalue weighted by molar-refractivity contribution is 6.21. The van der Waals surface area contributed by atoms with E-state index in [1.165, 1.54) is 74.2 Å². The second-order valence-electron chi connectivity index (χ2n) is 19.5. The van der Waals surface area contributed by atoms with Crippen LogP contribution in [0.5, 0.6) is 0 Å². The lowest BCUT2D eigenvalue weighted by molar-refractivity contribution is 0.627.